The zero-order chi connectivity index (χ0) is 19.2. The Morgan fingerprint density at radius 3 is 2.14 bits per heavy atom. The van der Waals surface area contributed by atoms with Crippen molar-refractivity contribution in [3.63, 3.8) is 0 Å². The van der Waals surface area contributed by atoms with Gasteiger partial charge < -0.3 is 14.4 Å². The number of hydrogen-bond acceptors (Lipinski definition) is 4. The highest BCUT2D eigenvalue weighted by molar-refractivity contribution is 7.07. The molecule has 140 valence electrons. The predicted octanol–water partition coefficient (Wildman–Crippen LogP) is 5.23. The SMILES string of the molecule is OCCn1c(-c2ccc(Oc3ccccc3)cc2)csc1=Nc1ccccc1. The first kappa shape index (κ1) is 18.2. The van der Waals surface area contributed by atoms with Crippen LogP contribution in [-0.4, -0.2) is 16.3 Å². The average Bonchev–Trinajstić information content (AvgIpc) is 3.13. The number of thiazole rings is 1. The molecule has 0 aliphatic rings. The van der Waals surface area contributed by atoms with Crippen LogP contribution in [0.1, 0.15) is 0 Å². The zero-order valence-corrected chi connectivity index (χ0v) is 16.0. The predicted molar refractivity (Wildman–Crippen MR) is 113 cm³/mol. The van der Waals surface area contributed by atoms with Crippen LogP contribution >= 0.6 is 11.3 Å². The molecule has 4 rings (SSSR count). The fourth-order valence-electron chi connectivity index (χ4n) is 2.90. The third kappa shape index (κ3) is 4.22. The number of ether oxygens (including phenoxy) is 1. The molecule has 0 unspecified atom stereocenters. The molecule has 1 N–H and O–H groups in total. The van der Waals surface area contributed by atoms with E-state index in [0.717, 1.165) is 33.2 Å². The highest BCUT2D eigenvalue weighted by Gasteiger charge is 2.08. The maximum Gasteiger partial charge on any atom is 0.190 e. The first-order valence-corrected chi connectivity index (χ1v) is 9.94. The van der Waals surface area contributed by atoms with Crippen molar-refractivity contribution in [2.24, 2.45) is 4.99 Å². The number of rotatable bonds is 6. The van der Waals surface area contributed by atoms with E-state index in [0.29, 0.717) is 6.54 Å². The minimum absolute atomic E-state index is 0.0565. The summed E-state index contributed by atoms with van der Waals surface area (Å²) in [7, 11) is 0. The molecule has 0 atom stereocenters. The maximum atomic E-state index is 9.53. The van der Waals surface area contributed by atoms with Crippen LogP contribution in [0.25, 0.3) is 11.3 Å². The second-order valence-corrected chi connectivity index (χ2v) is 7.00. The molecule has 0 saturated heterocycles. The van der Waals surface area contributed by atoms with Crippen LogP contribution in [0.2, 0.25) is 0 Å². The van der Waals surface area contributed by atoms with Crippen LogP contribution in [0.3, 0.4) is 0 Å². The number of aromatic nitrogens is 1. The third-order valence-corrected chi connectivity index (χ3v) is 5.09. The number of benzene rings is 3. The van der Waals surface area contributed by atoms with Crippen LogP contribution in [0, 0.1) is 0 Å². The van der Waals surface area contributed by atoms with Crippen molar-refractivity contribution >= 4 is 17.0 Å². The Kier molecular flexibility index (Phi) is 5.66. The molecule has 1 heterocycles. The summed E-state index contributed by atoms with van der Waals surface area (Å²) in [6.07, 6.45) is 0. The van der Waals surface area contributed by atoms with Gasteiger partial charge in [-0.2, -0.15) is 0 Å². The van der Waals surface area contributed by atoms with Gasteiger partial charge in [-0.3, -0.25) is 0 Å². The van der Waals surface area contributed by atoms with Crippen molar-refractivity contribution in [2.75, 3.05) is 6.61 Å². The summed E-state index contributed by atoms with van der Waals surface area (Å²) < 4.78 is 7.91. The Bertz CT molecular complexity index is 1080. The smallest absolute Gasteiger partial charge is 0.190 e. The van der Waals surface area contributed by atoms with E-state index in [1.54, 1.807) is 11.3 Å². The molecular formula is C23H20N2O2S. The monoisotopic (exact) mass is 388 g/mol. The minimum Gasteiger partial charge on any atom is -0.457 e. The molecule has 0 spiro atoms. The quantitative estimate of drug-likeness (QED) is 0.491. The van der Waals surface area contributed by atoms with Crippen LogP contribution in [0.4, 0.5) is 5.69 Å². The lowest BCUT2D eigenvalue weighted by atomic mass is 10.1. The van der Waals surface area contributed by atoms with Gasteiger partial charge in [0.2, 0.25) is 0 Å². The topological polar surface area (TPSA) is 46.8 Å². The van der Waals surface area contributed by atoms with E-state index in [4.69, 9.17) is 9.73 Å². The summed E-state index contributed by atoms with van der Waals surface area (Å²) in [6.45, 7) is 0.549. The van der Waals surface area contributed by atoms with E-state index in [9.17, 15) is 5.11 Å². The van der Waals surface area contributed by atoms with Gasteiger partial charge in [0.1, 0.15) is 11.5 Å². The summed E-state index contributed by atoms with van der Waals surface area (Å²) in [4.78, 5) is 5.59. The second-order valence-electron chi connectivity index (χ2n) is 6.17. The van der Waals surface area contributed by atoms with Crippen LogP contribution in [-0.2, 0) is 6.54 Å². The van der Waals surface area contributed by atoms with Gasteiger partial charge in [0.25, 0.3) is 0 Å². The third-order valence-electron chi connectivity index (χ3n) is 4.23. The van der Waals surface area contributed by atoms with Crippen LogP contribution < -0.4 is 9.54 Å². The molecule has 0 saturated carbocycles. The fourth-order valence-corrected chi connectivity index (χ4v) is 3.85. The van der Waals surface area contributed by atoms with Gasteiger partial charge in [-0.1, -0.05) is 36.4 Å². The molecule has 5 heteroatoms. The normalized spacial score (nSPS) is 11.5. The minimum atomic E-state index is 0.0565. The highest BCUT2D eigenvalue weighted by Crippen LogP contribution is 2.26. The first-order valence-electron chi connectivity index (χ1n) is 9.06. The lowest BCUT2D eigenvalue weighted by Crippen LogP contribution is -2.17. The molecule has 0 aliphatic carbocycles. The number of para-hydroxylation sites is 2. The van der Waals surface area contributed by atoms with E-state index < -0.39 is 0 Å². The van der Waals surface area contributed by atoms with Gasteiger partial charge in [-0.05, 0) is 54.1 Å². The zero-order valence-electron chi connectivity index (χ0n) is 15.2. The van der Waals surface area contributed by atoms with Gasteiger partial charge >= 0.3 is 0 Å². The summed E-state index contributed by atoms with van der Waals surface area (Å²) in [6, 6.07) is 27.5. The molecule has 4 nitrogen and oxygen atoms in total. The van der Waals surface area contributed by atoms with Crippen LogP contribution in [0.15, 0.2) is 95.3 Å². The number of aliphatic hydroxyl groups is 1. The van der Waals surface area contributed by atoms with Gasteiger partial charge in [0.05, 0.1) is 18.0 Å². The maximum absolute atomic E-state index is 9.53. The first-order chi connectivity index (χ1) is 13.8. The second kappa shape index (κ2) is 8.69. The Morgan fingerprint density at radius 1 is 0.821 bits per heavy atom. The van der Waals surface area contributed by atoms with Crippen molar-refractivity contribution in [3.8, 4) is 22.8 Å². The van der Waals surface area contributed by atoms with E-state index in [1.807, 2.05) is 89.5 Å². The van der Waals surface area contributed by atoms with Crippen molar-refractivity contribution in [3.05, 3.63) is 95.1 Å². The van der Waals surface area contributed by atoms with E-state index in [2.05, 4.69) is 5.38 Å². The number of aliphatic hydroxyl groups excluding tert-OH is 1. The molecule has 0 aliphatic heterocycles. The van der Waals surface area contributed by atoms with E-state index in [-0.39, 0.29) is 6.61 Å². The molecule has 0 radical (unpaired) electrons. The molecule has 0 fully saturated rings. The van der Waals surface area contributed by atoms with Gasteiger partial charge in [-0.25, -0.2) is 4.99 Å². The Labute approximate surface area is 167 Å². The Balaban J connectivity index is 1.64. The molecular weight excluding hydrogens is 368 g/mol. The Morgan fingerprint density at radius 2 is 1.46 bits per heavy atom. The van der Waals surface area contributed by atoms with E-state index >= 15 is 0 Å². The van der Waals surface area contributed by atoms with Gasteiger partial charge in [0, 0.05) is 11.9 Å². The summed E-state index contributed by atoms with van der Waals surface area (Å²) >= 11 is 1.57. The lowest BCUT2D eigenvalue weighted by molar-refractivity contribution is 0.275. The van der Waals surface area contributed by atoms with Crippen molar-refractivity contribution < 1.29 is 9.84 Å². The van der Waals surface area contributed by atoms with Crippen molar-refractivity contribution in [2.45, 2.75) is 6.54 Å². The van der Waals surface area contributed by atoms with Gasteiger partial charge in [0.15, 0.2) is 4.80 Å². The summed E-state index contributed by atoms with van der Waals surface area (Å²) in [5.74, 6) is 1.60. The summed E-state index contributed by atoms with van der Waals surface area (Å²) in [5, 5.41) is 11.6. The van der Waals surface area contributed by atoms with Crippen molar-refractivity contribution in [1.82, 2.24) is 4.57 Å². The molecule has 4 aromatic rings. The molecule has 28 heavy (non-hydrogen) atoms. The fraction of sp³-hybridized carbons (Fsp3) is 0.0870. The average molecular weight is 388 g/mol. The lowest BCUT2D eigenvalue weighted by Gasteiger charge is -2.09. The van der Waals surface area contributed by atoms with Crippen molar-refractivity contribution in [1.29, 1.82) is 0 Å². The molecule has 1 aromatic heterocycles. The van der Waals surface area contributed by atoms with Crippen LogP contribution in [0.5, 0.6) is 11.5 Å². The Hall–Kier alpha value is -3.15. The summed E-state index contributed by atoms with van der Waals surface area (Å²) in [5.41, 5.74) is 2.98. The largest absolute Gasteiger partial charge is 0.457 e. The number of nitrogens with zero attached hydrogens (tertiary/aromatic N) is 2. The number of hydrogen-bond donors (Lipinski definition) is 1. The molecule has 3 aromatic carbocycles. The molecule has 0 bridgehead atoms. The standard InChI is InChI=1S/C23H20N2O2S/c26-16-15-25-22(17-28-23(25)24-19-7-3-1-4-8-19)18-11-13-21(14-12-18)27-20-9-5-2-6-10-20/h1-14,17,26H,15-16H2. The molecule has 0 amide bonds. The van der Waals surface area contributed by atoms with Gasteiger partial charge in [-0.15, -0.1) is 11.3 Å². The van der Waals surface area contributed by atoms with E-state index in [1.165, 1.54) is 0 Å². The highest BCUT2D eigenvalue weighted by atomic mass is 32.1.